The van der Waals surface area contributed by atoms with Gasteiger partial charge in [-0.3, -0.25) is 0 Å². The summed E-state index contributed by atoms with van der Waals surface area (Å²) in [5.74, 6) is 1.96. The summed E-state index contributed by atoms with van der Waals surface area (Å²) in [5.41, 5.74) is 9.56. The van der Waals surface area contributed by atoms with Crippen LogP contribution in [-0.2, 0) is 13.2 Å². The lowest BCUT2D eigenvalue weighted by atomic mass is 10.1. The van der Waals surface area contributed by atoms with Crippen LogP contribution < -0.4 is 14.8 Å². The van der Waals surface area contributed by atoms with E-state index in [1.807, 2.05) is 0 Å². The zero-order valence-electron chi connectivity index (χ0n) is 18.3. The highest BCUT2D eigenvalue weighted by Gasteiger charge is 2.11. The molecule has 152 valence electrons. The van der Waals surface area contributed by atoms with Crippen LogP contribution in [0.15, 0.2) is 42.5 Å². The van der Waals surface area contributed by atoms with Crippen LogP contribution >= 0.6 is 9.24 Å². The predicted octanol–water partition coefficient (Wildman–Crippen LogP) is 6.20. The van der Waals surface area contributed by atoms with Gasteiger partial charge in [0.1, 0.15) is 24.7 Å². The molecule has 0 aliphatic rings. The summed E-state index contributed by atoms with van der Waals surface area (Å²) >= 11 is 0. The van der Waals surface area contributed by atoms with Crippen LogP contribution in [0.2, 0.25) is 0 Å². The second kappa shape index (κ2) is 9.01. The van der Waals surface area contributed by atoms with Gasteiger partial charge in [-0.1, -0.05) is 53.6 Å². The van der Waals surface area contributed by atoms with Crippen molar-refractivity contribution >= 4 is 14.5 Å². The summed E-state index contributed by atoms with van der Waals surface area (Å²) in [7, 11) is 2.87. The minimum Gasteiger partial charge on any atom is -0.488 e. The van der Waals surface area contributed by atoms with Crippen molar-refractivity contribution < 1.29 is 9.47 Å². The van der Waals surface area contributed by atoms with Crippen molar-refractivity contribution in [3.8, 4) is 11.5 Å². The van der Waals surface area contributed by atoms with E-state index in [1.165, 1.54) is 33.4 Å². The Bertz CT molecular complexity index is 911. The summed E-state index contributed by atoms with van der Waals surface area (Å²) in [4.78, 5) is 0. The summed E-state index contributed by atoms with van der Waals surface area (Å²) in [6, 6.07) is 15.0. The fraction of sp³-hybridized carbons (Fsp3) is 0.308. The van der Waals surface area contributed by atoms with Gasteiger partial charge >= 0.3 is 0 Å². The Balaban J connectivity index is 1.75. The minimum atomic E-state index is 0.542. The number of aryl methyl sites for hydroxylation is 6. The normalized spacial score (nSPS) is 10.9. The molecule has 0 bridgehead atoms. The van der Waals surface area contributed by atoms with Gasteiger partial charge in [0.15, 0.2) is 0 Å². The fourth-order valence-electron chi connectivity index (χ4n) is 4.01. The van der Waals surface area contributed by atoms with Gasteiger partial charge in [-0.2, -0.15) is 0 Å². The first kappa shape index (κ1) is 21.4. The minimum absolute atomic E-state index is 0.542. The maximum Gasteiger partial charge on any atom is 0.125 e. The van der Waals surface area contributed by atoms with Crippen molar-refractivity contribution in [2.45, 2.75) is 54.8 Å². The van der Waals surface area contributed by atoms with Crippen LogP contribution in [0.1, 0.15) is 44.5 Å². The lowest BCUT2D eigenvalue weighted by Gasteiger charge is -2.17. The Kier molecular flexibility index (Phi) is 6.65. The van der Waals surface area contributed by atoms with Crippen molar-refractivity contribution in [2.75, 3.05) is 0 Å². The Morgan fingerprint density at radius 2 is 0.966 bits per heavy atom. The summed E-state index contributed by atoms with van der Waals surface area (Å²) in [5, 5.41) is 1.15. The first-order chi connectivity index (χ1) is 13.8. The molecule has 1 unspecified atom stereocenters. The van der Waals surface area contributed by atoms with E-state index in [4.69, 9.17) is 9.47 Å². The summed E-state index contributed by atoms with van der Waals surface area (Å²) in [6.07, 6.45) is 0. The van der Waals surface area contributed by atoms with Crippen molar-refractivity contribution in [2.24, 2.45) is 0 Å². The number of benzene rings is 3. The molecule has 0 aromatic heterocycles. The standard InChI is InChI=1S/C26H31O2P/c1-16-10-18(3)24(19(4)11-16)27-14-22-8-7-9-23(26(22)29)15-28-25-20(5)12-17(2)13-21(25)6/h7-13H,14-15,29H2,1-6H3. The van der Waals surface area contributed by atoms with Crippen LogP contribution in [-0.4, -0.2) is 0 Å². The Labute approximate surface area is 177 Å². The zero-order chi connectivity index (χ0) is 21.1. The Morgan fingerprint density at radius 1 is 0.621 bits per heavy atom. The lowest BCUT2D eigenvalue weighted by molar-refractivity contribution is 0.297. The van der Waals surface area contributed by atoms with E-state index in [0.717, 1.165) is 27.9 Å². The molecular formula is C26H31O2P. The average molecular weight is 407 g/mol. The van der Waals surface area contributed by atoms with Crippen molar-refractivity contribution in [3.05, 3.63) is 87.0 Å². The number of rotatable bonds is 6. The van der Waals surface area contributed by atoms with Crippen LogP contribution in [0.5, 0.6) is 11.5 Å². The van der Waals surface area contributed by atoms with E-state index in [-0.39, 0.29) is 0 Å². The van der Waals surface area contributed by atoms with E-state index >= 15 is 0 Å². The van der Waals surface area contributed by atoms with Gasteiger partial charge in [0.25, 0.3) is 0 Å². The third-order valence-electron chi connectivity index (χ3n) is 5.24. The number of hydrogen-bond acceptors (Lipinski definition) is 2. The molecule has 0 aliphatic carbocycles. The molecule has 3 aromatic carbocycles. The van der Waals surface area contributed by atoms with E-state index in [0.29, 0.717) is 13.2 Å². The highest BCUT2D eigenvalue weighted by atomic mass is 31.0. The van der Waals surface area contributed by atoms with Gasteiger partial charge in [0.05, 0.1) is 0 Å². The molecule has 0 aliphatic heterocycles. The van der Waals surface area contributed by atoms with Gasteiger partial charge in [0, 0.05) is 0 Å². The van der Waals surface area contributed by atoms with Crippen LogP contribution in [0.4, 0.5) is 0 Å². The second-order valence-electron chi connectivity index (χ2n) is 8.02. The molecule has 0 saturated heterocycles. The molecule has 0 radical (unpaired) electrons. The van der Waals surface area contributed by atoms with E-state index in [1.54, 1.807) is 0 Å². The predicted molar refractivity (Wildman–Crippen MR) is 126 cm³/mol. The van der Waals surface area contributed by atoms with E-state index in [2.05, 4.69) is 93.2 Å². The maximum atomic E-state index is 6.20. The van der Waals surface area contributed by atoms with Crippen LogP contribution in [0.3, 0.4) is 0 Å². The second-order valence-corrected chi connectivity index (χ2v) is 8.60. The fourth-order valence-corrected chi connectivity index (χ4v) is 4.37. The molecule has 1 atom stereocenters. The van der Waals surface area contributed by atoms with E-state index in [9.17, 15) is 0 Å². The zero-order valence-corrected chi connectivity index (χ0v) is 19.5. The van der Waals surface area contributed by atoms with E-state index < -0.39 is 0 Å². The molecule has 0 spiro atoms. The summed E-state index contributed by atoms with van der Waals surface area (Å²) < 4.78 is 12.4. The van der Waals surface area contributed by atoms with Gasteiger partial charge in [0.2, 0.25) is 0 Å². The van der Waals surface area contributed by atoms with Crippen molar-refractivity contribution in [1.82, 2.24) is 0 Å². The molecule has 0 amide bonds. The smallest absolute Gasteiger partial charge is 0.125 e. The molecule has 3 aromatic rings. The Hall–Kier alpha value is -2.31. The van der Waals surface area contributed by atoms with Gasteiger partial charge < -0.3 is 9.47 Å². The first-order valence-corrected chi connectivity index (χ1v) is 10.6. The van der Waals surface area contributed by atoms with Crippen LogP contribution in [0.25, 0.3) is 0 Å². The molecule has 2 nitrogen and oxygen atoms in total. The number of ether oxygens (including phenoxy) is 2. The van der Waals surface area contributed by atoms with Gasteiger partial charge in [-0.05, 0) is 80.2 Å². The number of hydrogen-bond donors (Lipinski definition) is 0. The molecule has 29 heavy (non-hydrogen) atoms. The van der Waals surface area contributed by atoms with Crippen molar-refractivity contribution in [1.29, 1.82) is 0 Å². The highest BCUT2D eigenvalue weighted by molar-refractivity contribution is 7.27. The average Bonchev–Trinajstić information content (AvgIpc) is 2.62. The largest absolute Gasteiger partial charge is 0.488 e. The maximum absolute atomic E-state index is 6.20. The molecule has 0 fully saturated rings. The van der Waals surface area contributed by atoms with Gasteiger partial charge in [-0.25, -0.2) is 0 Å². The Morgan fingerprint density at radius 3 is 1.31 bits per heavy atom. The quantitative estimate of drug-likeness (QED) is 0.454. The molecule has 3 heteroatoms. The third-order valence-corrected chi connectivity index (χ3v) is 5.98. The molecule has 3 rings (SSSR count). The molecule has 0 saturated carbocycles. The topological polar surface area (TPSA) is 18.5 Å². The summed E-state index contributed by atoms with van der Waals surface area (Å²) in [6.45, 7) is 13.7. The molecule has 0 N–H and O–H groups in total. The first-order valence-electron chi connectivity index (χ1n) is 10.0. The lowest BCUT2D eigenvalue weighted by Crippen LogP contribution is -2.14. The third kappa shape index (κ3) is 5.00. The SMILES string of the molecule is Cc1cc(C)c(OCc2cccc(COc3c(C)cc(C)cc3C)c2P)c(C)c1. The molecular weight excluding hydrogens is 375 g/mol. The monoisotopic (exact) mass is 406 g/mol. The van der Waals surface area contributed by atoms with Crippen molar-refractivity contribution in [3.63, 3.8) is 0 Å². The van der Waals surface area contributed by atoms with Crippen LogP contribution in [0, 0.1) is 41.5 Å². The highest BCUT2D eigenvalue weighted by Crippen LogP contribution is 2.27. The molecule has 0 heterocycles. The van der Waals surface area contributed by atoms with Gasteiger partial charge in [-0.15, -0.1) is 9.24 Å².